The monoisotopic (exact) mass is 555 g/mol. The molecule has 0 radical (unpaired) electrons. The molecule has 0 spiro atoms. The van der Waals surface area contributed by atoms with E-state index in [1.54, 1.807) is 27.9 Å². The molecular formula is C30H30FN7O3. The molecule has 1 aliphatic heterocycles. The lowest BCUT2D eigenvalue weighted by atomic mass is 9.95. The molecule has 3 heterocycles. The maximum atomic E-state index is 14.8. The summed E-state index contributed by atoms with van der Waals surface area (Å²) >= 11 is 0. The first kappa shape index (κ1) is 27.6. The Morgan fingerprint density at radius 3 is 2.39 bits per heavy atom. The van der Waals surface area contributed by atoms with E-state index in [9.17, 15) is 19.2 Å². The number of hydrogen-bond acceptors (Lipinski definition) is 7. The fourth-order valence-corrected chi connectivity index (χ4v) is 4.88. The van der Waals surface area contributed by atoms with Gasteiger partial charge in [-0.05, 0) is 56.7 Å². The lowest BCUT2D eigenvalue weighted by Crippen LogP contribution is -2.50. The van der Waals surface area contributed by atoms with Gasteiger partial charge < -0.3 is 20.3 Å². The predicted molar refractivity (Wildman–Crippen MR) is 153 cm³/mol. The van der Waals surface area contributed by atoms with E-state index in [-0.39, 0.29) is 11.1 Å². The summed E-state index contributed by atoms with van der Waals surface area (Å²) in [5.41, 5.74) is 8.45. The van der Waals surface area contributed by atoms with Crippen LogP contribution in [0.1, 0.15) is 36.7 Å². The van der Waals surface area contributed by atoms with Gasteiger partial charge in [0.2, 0.25) is 0 Å². The van der Waals surface area contributed by atoms with Crippen LogP contribution < -0.4 is 10.6 Å². The van der Waals surface area contributed by atoms with Crippen LogP contribution in [-0.2, 0) is 11.8 Å². The molecule has 11 heteroatoms. The molecule has 1 aliphatic rings. The summed E-state index contributed by atoms with van der Waals surface area (Å²) in [6.07, 6.45) is 1.33. The third-order valence-electron chi connectivity index (χ3n) is 6.92. The summed E-state index contributed by atoms with van der Waals surface area (Å²) in [5, 5.41) is 14.4. The molecule has 4 aromatic rings. The van der Waals surface area contributed by atoms with Crippen LogP contribution in [0.5, 0.6) is 0 Å². The Balaban J connectivity index is 1.60. The SMILES string of the molecule is Cn1ncc2cc(-c3cc(C(N)=O)c(N4CCN(C(=O)OC(C)(C)C)CC4)nc3-c3ccc(C#N)c(F)c3)ccc21. The van der Waals surface area contributed by atoms with Crippen molar-refractivity contribution in [1.29, 1.82) is 5.26 Å². The first-order chi connectivity index (χ1) is 19.4. The number of nitrogens with two attached hydrogens (primary N) is 1. The van der Waals surface area contributed by atoms with Crippen LogP contribution in [-0.4, -0.2) is 63.4 Å². The second kappa shape index (κ2) is 10.5. The number of aromatic nitrogens is 3. The van der Waals surface area contributed by atoms with Gasteiger partial charge in [0.25, 0.3) is 5.91 Å². The summed E-state index contributed by atoms with van der Waals surface area (Å²) in [4.78, 5) is 33.7. The van der Waals surface area contributed by atoms with Gasteiger partial charge in [-0.2, -0.15) is 10.4 Å². The molecule has 2 N–H and O–H groups in total. The van der Waals surface area contributed by atoms with Crippen LogP contribution in [0, 0.1) is 17.1 Å². The number of amides is 2. The zero-order valence-corrected chi connectivity index (χ0v) is 23.3. The Morgan fingerprint density at radius 1 is 1.05 bits per heavy atom. The van der Waals surface area contributed by atoms with Crippen molar-refractivity contribution >= 4 is 28.7 Å². The summed E-state index contributed by atoms with van der Waals surface area (Å²) in [6, 6.07) is 13.5. The van der Waals surface area contributed by atoms with Gasteiger partial charge in [0.05, 0.1) is 28.5 Å². The van der Waals surface area contributed by atoms with E-state index in [1.807, 2.05) is 57.0 Å². The smallest absolute Gasteiger partial charge is 0.410 e. The van der Waals surface area contributed by atoms with Crippen molar-refractivity contribution in [3.63, 3.8) is 0 Å². The van der Waals surface area contributed by atoms with E-state index in [2.05, 4.69) is 5.10 Å². The molecule has 10 nitrogen and oxygen atoms in total. The Hall–Kier alpha value is -4.98. The van der Waals surface area contributed by atoms with E-state index in [0.29, 0.717) is 48.8 Å². The maximum absolute atomic E-state index is 14.8. The highest BCUT2D eigenvalue weighted by molar-refractivity contribution is 6.01. The number of primary amides is 1. The molecular weight excluding hydrogens is 525 g/mol. The first-order valence-corrected chi connectivity index (χ1v) is 13.1. The van der Waals surface area contributed by atoms with Crippen molar-refractivity contribution in [1.82, 2.24) is 19.7 Å². The Bertz CT molecular complexity index is 1710. The number of nitriles is 1. The van der Waals surface area contributed by atoms with E-state index < -0.39 is 23.4 Å². The van der Waals surface area contributed by atoms with Crippen LogP contribution in [0.3, 0.4) is 0 Å². The number of halogens is 1. The molecule has 0 atom stereocenters. The number of pyridine rings is 1. The van der Waals surface area contributed by atoms with E-state index in [1.165, 1.54) is 12.1 Å². The number of fused-ring (bicyclic) bond motifs is 1. The molecule has 0 aliphatic carbocycles. The third-order valence-corrected chi connectivity index (χ3v) is 6.92. The molecule has 41 heavy (non-hydrogen) atoms. The zero-order valence-electron chi connectivity index (χ0n) is 23.3. The molecule has 5 rings (SSSR count). The molecule has 1 fully saturated rings. The third kappa shape index (κ3) is 5.54. The number of carbonyl (C=O) groups excluding carboxylic acids is 2. The van der Waals surface area contributed by atoms with E-state index in [4.69, 9.17) is 15.5 Å². The fraction of sp³-hybridized carbons (Fsp3) is 0.300. The summed E-state index contributed by atoms with van der Waals surface area (Å²) in [7, 11) is 1.84. The van der Waals surface area contributed by atoms with Gasteiger partial charge >= 0.3 is 6.09 Å². The van der Waals surface area contributed by atoms with Crippen molar-refractivity contribution < 1.29 is 18.7 Å². The average molecular weight is 556 g/mol. The summed E-state index contributed by atoms with van der Waals surface area (Å²) in [6.45, 7) is 6.91. The standard InChI is InChI=1S/C30H30FN7O3/c1-30(2,3)41-29(40)38-11-9-37(10-12-38)28-23(27(33)39)15-22(18-7-8-25-21(13-18)17-34-36(25)4)26(35-28)19-5-6-20(16-32)24(31)14-19/h5-8,13-15,17H,9-12H2,1-4H3,(H2,33,39). The first-order valence-electron chi connectivity index (χ1n) is 13.1. The van der Waals surface area contributed by atoms with Gasteiger partial charge in [0, 0.05) is 49.7 Å². The number of benzene rings is 2. The Kier molecular flexibility index (Phi) is 7.09. The number of rotatable bonds is 4. The highest BCUT2D eigenvalue weighted by Crippen LogP contribution is 2.37. The molecule has 2 amide bonds. The number of nitrogens with zero attached hydrogens (tertiary/aromatic N) is 6. The molecule has 0 unspecified atom stereocenters. The Morgan fingerprint density at radius 2 is 1.76 bits per heavy atom. The van der Waals surface area contributed by atoms with Gasteiger partial charge in [-0.15, -0.1) is 0 Å². The van der Waals surface area contributed by atoms with Crippen LogP contribution >= 0.6 is 0 Å². The second-order valence-electron chi connectivity index (χ2n) is 10.9. The van der Waals surface area contributed by atoms with Gasteiger partial charge in [0.15, 0.2) is 0 Å². The number of ether oxygens (including phenoxy) is 1. The minimum absolute atomic E-state index is 0.0840. The van der Waals surface area contributed by atoms with Crippen molar-refractivity contribution in [3.8, 4) is 28.5 Å². The highest BCUT2D eigenvalue weighted by atomic mass is 19.1. The number of piperazine rings is 1. The van der Waals surface area contributed by atoms with E-state index >= 15 is 0 Å². The predicted octanol–water partition coefficient (Wildman–Crippen LogP) is 4.47. The minimum Gasteiger partial charge on any atom is -0.444 e. The van der Waals surface area contributed by atoms with Gasteiger partial charge in [-0.25, -0.2) is 14.2 Å². The topological polar surface area (TPSA) is 130 Å². The zero-order chi connectivity index (χ0) is 29.5. The quantitative estimate of drug-likeness (QED) is 0.393. The Labute approximate surface area is 236 Å². The second-order valence-corrected chi connectivity index (χ2v) is 10.9. The molecule has 2 aromatic carbocycles. The van der Waals surface area contributed by atoms with Crippen LogP contribution in [0.25, 0.3) is 33.3 Å². The number of hydrogen-bond donors (Lipinski definition) is 1. The fourth-order valence-electron chi connectivity index (χ4n) is 4.88. The maximum Gasteiger partial charge on any atom is 0.410 e. The van der Waals surface area contributed by atoms with Gasteiger partial charge in [0.1, 0.15) is 23.3 Å². The van der Waals surface area contributed by atoms with Crippen molar-refractivity contribution in [3.05, 3.63) is 65.6 Å². The number of anilines is 1. The lowest BCUT2D eigenvalue weighted by molar-refractivity contribution is 0.0240. The summed E-state index contributed by atoms with van der Waals surface area (Å²) < 4.78 is 22.0. The highest BCUT2D eigenvalue weighted by Gasteiger charge is 2.29. The molecule has 1 saturated heterocycles. The average Bonchev–Trinajstić information content (AvgIpc) is 3.31. The van der Waals surface area contributed by atoms with Crippen molar-refractivity contribution in [2.45, 2.75) is 26.4 Å². The van der Waals surface area contributed by atoms with Gasteiger partial charge in [-0.1, -0.05) is 12.1 Å². The minimum atomic E-state index is -0.674. The number of aryl methyl sites for hydroxylation is 1. The van der Waals surface area contributed by atoms with Crippen molar-refractivity contribution in [2.24, 2.45) is 12.8 Å². The molecule has 2 aromatic heterocycles. The van der Waals surface area contributed by atoms with Crippen molar-refractivity contribution in [2.75, 3.05) is 31.1 Å². The molecule has 0 bridgehead atoms. The number of carbonyl (C=O) groups is 2. The molecule has 0 saturated carbocycles. The molecule has 210 valence electrons. The van der Waals surface area contributed by atoms with E-state index in [0.717, 1.165) is 16.5 Å². The normalized spacial score (nSPS) is 13.8. The van der Waals surface area contributed by atoms with Crippen LogP contribution in [0.4, 0.5) is 15.0 Å². The summed E-state index contributed by atoms with van der Waals surface area (Å²) in [5.74, 6) is -0.998. The largest absolute Gasteiger partial charge is 0.444 e. The van der Waals surface area contributed by atoms with Crippen LogP contribution in [0.2, 0.25) is 0 Å². The van der Waals surface area contributed by atoms with Crippen LogP contribution in [0.15, 0.2) is 48.7 Å². The lowest BCUT2D eigenvalue weighted by Gasteiger charge is -2.37. The van der Waals surface area contributed by atoms with Gasteiger partial charge in [-0.3, -0.25) is 9.48 Å².